The van der Waals surface area contributed by atoms with E-state index in [-0.39, 0.29) is 0 Å². The lowest BCUT2D eigenvalue weighted by molar-refractivity contribution is 0.190. The molecule has 1 aromatic carbocycles. The van der Waals surface area contributed by atoms with Crippen LogP contribution in [0, 0.1) is 0 Å². The van der Waals surface area contributed by atoms with Crippen LogP contribution < -0.4 is 10.1 Å². The molecule has 1 N–H and O–H groups in total. The fourth-order valence-corrected chi connectivity index (χ4v) is 2.34. The minimum absolute atomic E-state index is 0.500. The molecule has 3 nitrogen and oxygen atoms in total. The summed E-state index contributed by atoms with van der Waals surface area (Å²) in [4.78, 5) is 0. The van der Waals surface area contributed by atoms with Gasteiger partial charge in [0.05, 0.1) is 13.2 Å². The van der Waals surface area contributed by atoms with Gasteiger partial charge in [-0.25, -0.2) is 0 Å². The van der Waals surface area contributed by atoms with Crippen LogP contribution in [-0.2, 0) is 11.2 Å². The summed E-state index contributed by atoms with van der Waals surface area (Å²) in [6.07, 6.45) is 2.03. The van der Waals surface area contributed by atoms with Crippen molar-refractivity contribution < 1.29 is 9.47 Å². The first-order chi connectivity index (χ1) is 8.79. The maximum absolute atomic E-state index is 6.03. The van der Waals surface area contributed by atoms with Gasteiger partial charge in [0, 0.05) is 17.7 Å². The van der Waals surface area contributed by atoms with Gasteiger partial charge in [0.15, 0.2) is 0 Å². The van der Waals surface area contributed by atoms with Crippen LogP contribution in [0.2, 0.25) is 5.02 Å². The average molecular weight is 270 g/mol. The molecule has 0 spiro atoms. The molecule has 4 heteroatoms. The van der Waals surface area contributed by atoms with E-state index in [1.807, 2.05) is 25.1 Å². The molecule has 0 radical (unpaired) electrons. The normalized spacial score (nSPS) is 19.1. The van der Waals surface area contributed by atoms with Gasteiger partial charge in [0.25, 0.3) is 0 Å². The number of benzene rings is 1. The molecular weight excluding hydrogens is 250 g/mol. The van der Waals surface area contributed by atoms with Crippen molar-refractivity contribution in [3.63, 3.8) is 0 Å². The van der Waals surface area contributed by atoms with Crippen molar-refractivity contribution in [3.8, 4) is 5.75 Å². The Morgan fingerprint density at radius 3 is 3.11 bits per heavy atom. The van der Waals surface area contributed by atoms with Gasteiger partial charge in [-0.05, 0) is 50.1 Å². The number of hydrogen-bond acceptors (Lipinski definition) is 3. The molecule has 2 rings (SSSR count). The molecule has 0 amide bonds. The van der Waals surface area contributed by atoms with Crippen molar-refractivity contribution in [2.45, 2.75) is 25.8 Å². The van der Waals surface area contributed by atoms with Gasteiger partial charge in [-0.3, -0.25) is 0 Å². The summed E-state index contributed by atoms with van der Waals surface area (Å²) in [5.74, 6) is 0.936. The van der Waals surface area contributed by atoms with Crippen LogP contribution >= 0.6 is 11.6 Å². The van der Waals surface area contributed by atoms with Crippen LogP contribution in [0.25, 0.3) is 0 Å². The molecule has 18 heavy (non-hydrogen) atoms. The van der Waals surface area contributed by atoms with Crippen LogP contribution in [0.3, 0.4) is 0 Å². The molecule has 0 aliphatic carbocycles. The Labute approximate surface area is 113 Å². The van der Waals surface area contributed by atoms with Crippen molar-refractivity contribution in [1.82, 2.24) is 5.32 Å². The third kappa shape index (κ3) is 3.87. The third-order valence-electron chi connectivity index (χ3n) is 3.08. The molecule has 0 bridgehead atoms. The first kappa shape index (κ1) is 13.7. The van der Waals surface area contributed by atoms with E-state index in [1.54, 1.807) is 0 Å². The first-order valence-electron chi connectivity index (χ1n) is 6.52. The van der Waals surface area contributed by atoms with E-state index in [4.69, 9.17) is 21.1 Å². The second kappa shape index (κ2) is 6.98. The molecular formula is C14H20ClNO2. The number of ether oxygens (including phenoxy) is 2. The van der Waals surface area contributed by atoms with Gasteiger partial charge in [0.1, 0.15) is 5.75 Å². The van der Waals surface area contributed by atoms with Gasteiger partial charge in [-0.15, -0.1) is 0 Å². The summed E-state index contributed by atoms with van der Waals surface area (Å²) in [6, 6.07) is 6.30. The van der Waals surface area contributed by atoms with Gasteiger partial charge >= 0.3 is 0 Å². The predicted octanol–water partition coefficient (Wildman–Crippen LogP) is 2.66. The lowest BCUT2D eigenvalue weighted by atomic mass is 10.1. The van der Waals surface area contributed by atoms with Crippen LogP contribution in [0.4, 0.5) is 0 Å². The fraction of sp³-hybridized carbons (Fsp3) is 0.571. The monoisotopic (exact) mass is 269 g/mol. The summed E-state index contributed by atoms with van der Waals surface area (Å²) in [5, 5.41) is 4.26. The Morgan fingerprint density at radius 2 is 2.39 bits per heavy atom. The molecule has 1 aliphatic heterocycles. The van der Waals surface area contributed by atoms with E-state index >= 15 is 0 Å². The van der Waals surface area contributed by atoms with Crippen LogP contribution in [-0.4, -0.2) is 32.4 Å². The van der Waals surface area contributed by atoms with E-state index in [0.717, 1.165) is 48.9 Å². The maximum atomic E-state index is 6.03. The highest BCUT2D eigenvalue weighted by atomic mass is 35.5. The second-order valence-corrected chi connectivity index (χ2v) is 4.89. The highest BCUT2D eigenvalue weighted by molar-refractivity contribution is 6.30. The zero-order valence-corrected chi connectivity index (χ0v) is 11.5. The van der Waals surface area contributed by atoms with Crippen molar-refractivity contribution in [2.24, 2.45) is 0 Å². The molecule has 0 aromatic heterocycles. The molecule has 100 valence electrons. The average Bonchev–Trinajstić information content (AvgIpc) is 2.86. The molecule has 1 saturated heterocycles. The standard InChI is InChI=1S/C14H20ClNO2/c1-2-18-14-4-3-12(15)9-11(14)5-7-16-13-6-8-17-10-13/h3-4,9,13,16H,2,5-8,10H2,1H3. The molecule has 1 fully saturated rings. The molecule has 1 aromatic rings. The number of rotatable bonds is 6. The Hall–Kier alpha value is -0.770. The minimum atomic E-state index is 0.500. The lowest BCUT2D eigenvalue weighted by Gasteiger charge is -2.13. The number of hydrogen-bond donors (Lipinski definition) is 1. The van der Waals surface area contributed by atoms with Crippen molar-refractivity contribution in [2.75, 3.05) is 26.4 Å². The van der Waals surface area contributed by atoms with Crippen molar-refractivity contribution in [3.05, 3.63) is 28.8 Å². The molecule has 1 atom stereocenters. The second-order valence-electron chi connectivity index (χ2n) is 4.45. The zero-order valence-electron chi connectivity index (χ0n) is 10.7. The van der Waals surface area contributed by atoms with Gasteiger partial charge in [-0.1, -0.05) is 11.6 Å². The smallest absolute Gasteiger partial charge is 0.122 e. The quantitative estimate of drug-likeness (QED) is 0.861. The summed E-state index contributed by atoms with van der Waals surface area (Å²) >= 11 is 6.03. The van der Waals surface area contributed by atoms with E-state index in [9.17, 15) is 0 Å². The van der Waals surface area contributed by atoms with Crippen LogP contribution in [0.15, 0.2) is 18.2 Å². The summed E-state index contributed by atoms with van der Waals surface area (Å²) in [7, 11) is 0. The van der Waals surface area contributed by atoms with Gasteiger partial charge in [-0.2, -0.15) is 0 Å². The summed E-state index contributed by atoms with van der Waals surface area (Å²) in [5.41, 5.74) is 1.16. The minimum Gasteiger partial charge on any atom is -0.494 e. The first-order valence-corrected chi connectivity index (χ1v) is 6.89. The Balaban J connectivity index is 1.88. The SMILES string of the molecule is CCOc1ccc(Cl)cc1CCNC1CCOC1. The summed E-state index contributed by atoms with van der Waals surface area (Å²) < 4.78 is 10.9. The Kier molecular flexibility index (Phi) is 5.29. The highest BCUT2D eigenvalue weighted by Gasteiger charge is 2.14. The fourth-order valence-electron chi connectivity index (χ4n) is 2.15. The molecule has 1 unspecified atom stereocenters. The van der Waals surface area contributed by atoms with E-state index in [2.05, 4.69) is 5.32 Å². The third-order valence-corrected chi connectivity index (χ3v) is 3.31. The highest BCUT2D eigenvalue weighted by Crippen LogP contribution is 2.23. The van der Waals surface area contributed by atoms with Crippen LogP contribution in [0.5, 0.6) is 5.75 Å². The largest absolute Gasteiger partial charge is 0.494 e. The summed E-state index contributed by atoms with van der Waals surface area (Å²) in [6.45, 7) is 5.30. The van der Waals surface area contributed by atoms with Crippen molar-refractivity contribution >= 4 is 11.6 Å². The predicted molar refractivity (Wildman–Crippen MR) is 73.6 cm³/mol. The van der Waals surface area contributed by atoms with Gasteiger partial charge < -0.3 is 14.8 Å². The van der Waals surface area contributed by atoms with Gasteiger partial charge in [0.2, 0.25) is 0 Å². The Morgan fingerprint density at radius 1 is 1.50 bits per heavy atom. The maximum Gasteiger partial charge on any atom is 0.122 e. The van der Waals surface area contributed by atoms with E-state index in [1.165, 1.54) is 0 Å². The number of nitrogens with one attached hydrogen (secondary N) is 1. The Bertz CT molecular complexity index is 378. The molecule has 1 aliphatic rings. The van der Waals surface area contributed by atoms with Crippen LogP contribution in [0.1, 0.15) is 18.9 Å². The van der Waals surface area contributed by atoms with E-state index in [0.29, 0.717) is 12.6 Å². The van der Waals surface area contributed by atoms with Crippen molar-refractivity contribution in [1.29, 1.82) is 0 Å². The van der Waals surface area contributed by atoms with E-state index < -0.39 is 0 Å². The molecule has 1 heterocycles. The molecule has 0 saturated carbocycles. The zero-order chi connectivity index (χ0) is 12.8. The topological polar surface area (TPSA) is 30.5 Å². The number of halogens is 1. The lowest BCUT2D eigenvalue weighted by Crippen LogP contribution is -2.31.